The number of aromatic amines is 1. The van der Waals surface area contributed by atoms with E-state index in [4.69, 9.17) is 0 Å². The van der Waals surface area contributed by atoms with Crippen molar-refractivity contribution in [1.29, 1.82) is 0 Å². The molecule has 0 bridgehead atoms. The Hall–Kier alpha value is -2.37. The lowest BCUT2D eigenvalue weighted by Gasteiger charge is -1.99. The van der Waals surface area contributed by atoms with Crippen LogP contribution in [0.5, 0.6) is 0 Å². The van der Waals surface area contributed by atoms with Crippen molar-refractivity contribution < 1.29 is 0 Å². The first-order chi connectivity index (χ1) is 8.74. The molecule has 0 aliphatic carbocycles. The van der Waals surface area contributed by atoms with Crippen molar-refractivity contribution in [3.63, 3.8) is 0 Å². The Bertz CT molecular complexity index is 681. The van der Waals surface area contributed by atoms with Crippen molar-refractivity contribution in [3.05, 3.63) is 41.3 Å². The van der Waals surface area contributed by atoms with E-state index < -0.39 is 0 Å². The molecule has 3 rings (SSSR count). The van der Waals surface area contributed by atoms with Crippen molar-refractivity contribution in [2.75, 3.05) is 5.32 Å². The van der Waals surface area contributed by atoms with Gasteiger partial charge in [-0.2, -0.15) is 10.1 Å². The number of aryl methyl sites for hydroxylation is 2. The van der Waals surface area contributed by atoms with Gasteiger partial charge < -0.3 is 5.32 Å². The lowest BCUT2D eigenvalue weighted by molar-refractivity contribution is 0.909. The molecule has 18 heavy (non-hydrogen) atoms. The first kappa shape index (κ1) is 10.8. The standard InChI is InChI=1S/C12H14N6/c1-8-4-3-5-11-15-12(17-18(8)11)13-6-10-7-14-16-9(10)2/h3-5,7H,6H2,1-2H3,(H,13,17)(H,14,16). The number of pyridine rings is 1. The Labute approximate surface area is 104 Å². The number of fused-ring (bicyclic) bond motifs is 1. The summed E-state index contributed by atoms with van der Waals surface area (Å²) >= 11 is 0. The Balaban J connectivity index is 1.83. The summed E-state index contributed by atoms with van der Waals surface area (Å²) in [6, 6.07) is 5.92. The van der Waals surface area contributed by atoms with Gasteiger partial charge in [-0.25, -0.2) is 4.52 Å². The fourth-order valence-corrected chi connectivity index (χ4v) is 1.84. The van der Waals surface area contributed by atoms with Crippen LogP contribution in [-0.4, -0.2) is 24.8 Å². The fourth-order valence-electron chi connectivity index (χ4n) is 1.84. The third kappa shape index (κ3) is 1.81. The van der Waals surface area contributed by atoms with Crippen LogP contribution in [0.1, 0.15) is 17.0 Å². The third-order valence-corrected chi connectivity index (χ3v) is 2.92. The predicted molar refractivity (Wildman–Crippen MR) is 68.4 cm³/mol. The summed E-state index contributed by atoms with van der Waals surface area (Å²) < 4.78 is 1.82. The average Bonchev–Trinajstić information content (AvgIpc) is 2.93. The van der Waals surface area contributed by atoms with Gasteiger partial charge in [0.2, 0.25) is 5.95 Å². The Morgan fingerprint density at radius 1 is 1.33 bits per heavy atom. The number of H-pyrrole nitrogens is 1. The zero-order valence-corrected chi connectivity index (χ0v) is 10.3. The second-order valence-corrected chi connectivity index (χ2v) is 4.25. The molecular weight excluding hydrogens is 228 g/mol. The van der Waals surface area contributed by atoms with Crippen LogP contribution in [0.3, 0.4) is 0 Å². The highest BCUT2D eigenvalue weighted by Crippen LogP contribution is 2.10. The highest BCUT2D eigenvalue weighted by molar-refractivity contribution is 5.44. The molecule has 3 heterocycles. The summed E-state index contributed by atoms with van der Waals surface area (Å²) in [5.41, 5.74) is 4.09. The summed E-state index contributed by atoms with van der Waals surface area (Å²) in [6.45, 7) is 4.66. The monoisotopic (exact) mass is 242 g/mol. The molecule has 0 saturated heterocycles. The van der Waals surface area contributed by atoms with E-state index in [0.29, 0.717) is 12.5 Å². The molecule has 0 amide bonds. The summed E-state index contributed by atoms with van der Waals surface area (Å²) in [5, 5.41) is 14.5. The average molecular weight is 242 g/mol. The lowest BCUT2D eigenvalue weighted by atomic mass is 10.3. The molecule has 0 atom stereocenters. The van der Waals surface area contributed by atoms with Gasteiger partial charge in [0.25, 0.3) is 0 Å². The molecule has 0 unspecified atom stereocenters. The van der Waals surface area contributed by atoms with Crippen LogP contribution in [0.15, 0.2) is 24.4 Å². The normalized spacial score (nSPS) is 11.0. The maximum absolute atomic E-state index is 4.41. The third-order valence-electron chi connectivity index (χ3n) is 2.92. The van der Waals surface area contributed by atoms with E-state index in [9.17, 15) is 0 Å². The second-order valence-electron chi connectivity index (χ2n) is 4.25. The van der Waals surface area contributed by atoms with Crippen molar-refractivity contribution in [2.24, 2.45) is 0 Å². The minimum atomic E-state index is 0.630. The highest BCUT2D eigenvalue weighted by Gasteiger charge is 2.05. The number of hydrogen-bond donors (Lipinski definition) is 2. The smallest absolute Gasteiger partial charge is 0.243 e. The maximum Gasteiger partial charge on any atom is 0.243 e. The van der Waals surface area contributed by atoms with E-state index in [1.165, 1.54) is 0 Å². The van der Waals surface area contributed by atoms with E-state index >= 15 is 0 Å². The zero-order valence-electron chi connectivity index (χ0n) is 10.3. The van der Waals surface area contributed by atoms with E-state index in [0.717, 1.165) is 22.6 Å². The van der Waals surface area contributed by atoms with Gasteiger partial charge in [0, 0.05) is 23.5 Å². The van der Waals surface area contributed by atoms with E-state index in [-0.39, 0.29) is 0 Å². The summed E-state index contributed by atoms with van der Waals surface area (Å²) in [5.74, 6) is 0.630. The first-order valence-corrected chi connectivity index (χ1v) is 5.79. The van der Waals surface area contributed by atoms with Gasteiger partial charge in [-0.15, -0.1) is 5.10 Å². The van der Waals surface area contributed by atoms with E-state index in [1.807, 2.05) is 42.8 Å². The molecule has 0 aliphatic rings. The molecule has 3 aromatic heterocycles. The highest BCUT2D eigenvalue weighted by atomic mass is 15.3. The van der Waals surface area contributed by atoms with Gasteiger partial charge in [0.05, 0.1) is 6.20 Å². The molecule has 2 N–H and O–H groups in total. The van der Waals surface area contributed by atoms with Gasteiger partial charge in [-0.1, -0.05) is 6.07 Å². The molecule has 0 aromatic carbocycles. The molecule has 6 nitrogen and oxygen atoms in total. The molecule has 0 saturated carbocycles. The molecular formula is C12H14N6. The topological polar surface area (TPSA) is 70.9 Å². The lowest BCUT2D eigenvalue weighted by Crippen LogP contribution is -2.02. The van der Waals surface area contributed by atoms with Gasteiger partial charge in [0.1, 0.15) is 0 Å². The number of aromatic nitrogens is 5. The van der Waals surface area contributed by atoms with Crippen LogP contribution in [0, 0.1) is 13.8 Å². The first-order valence-electron chi connectivity index (χ1n) is 5.79. The van der Waals surface area contributed by atoms with Crippen LogP contribution >= 0.6 is 0 Å². The second kappa shape index (κ2) is 4.14. The van der Waals surface area contributed by atoms with Crippen LogP contribution in [-0.2, 0) is 6.54 Å². The van der Waals surface area contributed by atoms with Gasteiger partial charge in [0.15, 0.2) is 5.65 Å². The van der Waals surface area contributed by atoms with Crippen molar-refractivity contribution in [1.82, 2.24) is 24.8 Å². The van der Waals surface area contributed by atoms with Crippen LogP contribution in [0.4, 0.5) is 5.95 Å². The summed E-state index contributed by atoms with van der Waals surface area (Å²) in [7, 11) is 0. The molecule has 0 fully saturated rings. The minimum absolute atomic E-state index is 0.630. The van der Waals surface area contributed by atoms with Crippen LogP contribution < -0.4 is 5.32 Å². The number of hydrogen-bond acceptors (Lipinski definition) is 4. The van der Waals surface area contributed by atoms with Crippen molar-refractivity contribution in [2.45, 2.75) is 20.4 Å². The Kier molecular flexibility index (Phi) is 2.47. The molecule has 92 valence electrons. The number of nitrogens with one attached hydrogen (secondary N) is 2. The SMILES string of the molecule is Cc1[nH]ncc1CNc1nc2cccc(C)n2n1. The van der Waals surface area contributed by atoms with Gasteiger partial charge in [-0.3, -0.25) is 5.10 Å². The quantitative estimate of drug-likeness (QED) is 0.733. The number of nitrogens with zero attached hydrogens (tertiary/aromatic N) is 4. The van der Waals surface area contributed by atoms with Gasteiger partial charge >= 0.3 is 0 Å². The van der Waals surface area contributed by atoms with Crippen molar-refractivity contribution >= 4 is 11.6 Å². The Morgan fingerprint density at radius 2 is 2.22 bits per heavy atom. The predicted octanol–water partition coefficient (Wildman–Crippen LogP) is 1.68. The Morgan fingerprint density at radius 3 is 2.94 bits per heavy atom. The molecule has 3 aromatic rings. The number of rotatable bonds is 3. The largest absolute Gasteiger partial charge is 0.349 e. The summed E-state index contributed by atoms with van der Waals surface area (Å²) in [6.07, 6.45) is 1.81. The molecule has 0 radical (unpaired) electrons. The van der Waals surface area contributed by atoms with E-state index in [1.54, 1.807) is 0 Å². The fraction of sp³-hybridized carbons (Fsp3) is 0.250. The molecule has 0 spiro atoms. The van der Waals surface area contributed by atoms with Gasteiger partial charge in [-0.05, 0) is 26.0 Å². The van der Waals surface area contributed by atoms with Crippen LogP contribution in [0.2, 0.25) is 0 Å². The van der Waals surface area contributed by atoms with Crippen molar-refractivity contribution in [3.8, 4) is 0 Å². The molecule has 6 heteroatoms. The van der Waals surface area contributed by atoms with Crippen LogP contribution in [0.25, 0.3) is 5.65 Å². The van der Waals surface area contributed by atoms with E-state index in [2.05, 4.69) is 25.6 Å². The summed E-state index contributed by atoms with van der Waals surface area (Å²) in [4.78, 5) is 4.41. The zero-order chi connectivity index (χ0) is 12.5. The minimum Gasteiger partial charge on any atom is -0.349 e. The molecule has 0 aliphatic heterocycles. The number of anilines is 1. The maximum atomic E-state index is 4.41.